The molecule has 0 aliphatic carbocycles. The summed E-state index contributed by atoms with van der Waals surface area (Å²) in [6.07, 6.45) is 5.40. The zero-order valence-electron chi connectivity index (χ0n) is 22.8. The molecule has 0 saturated heterocycles. The minimum absolute atomic E-state index is 0. The Kier molecular flexibility index (Phi) is 12.1. The SMILES string of the molecule is Cc1ccc[c-]c1-c1ccccn1.Cc1ccc[c-]c1-c1ccccn1.Cc1ccc[c-]c1-c1ccccn1.[Ir+3]. The van der Waals surface area contributed by atoms with Gasteiger partial charge in [0.1, 0.15) is 0 Å². The standard InChI is InChI=1S/3C12H10N.Ir/c3*1-10-6-2-3-7-11(10)12-8-4-5-9-13-12;/h3*2-6,8-9H,1H3;/q3*-1;+3. The molecule has 3 nitrogen and oxygen atoms in total. The number of rotatable bonds is 3. The molecule has 0 saturated carbocycles. The maximum absolute atomic E-state index is 4.28. The van der Waals surface area contributed by atoms with E-state index >= 15 is 0 Å². The third-order valence-corrected chi connectivity index (χ3v) is 5.96. The first-order chi connectivity index (χ1) is 19.1. The van der Waals surface area contributed by atoms with Gasteiger partial charge in [-0.1, -0.05) is 57.2 Å². The molecule has 3 aromatic carbocycles. The molecule has 0 spiro atoms. The monoisotopic (exact) mass is 697 g/mol. The molecule has 0 atom stereocenters. The van der Waals surface area contributed by atoms with Gasteiger partial charge in [-0.25, -0.2) is 0 Å². The van der Waals surface area contributed by atoms with Gasteiger partial charge in [-0.15, -0.1) is 106 Å². The van der Waals surface area contributed by atoms with E-state index in [1.165, 1.54) is 16.7 Å². The second-order valence-electron chi connectivity index (χ2n) is 8.83. The van der Waals surface area contributed by atoms with Crippen LogP contribution in [-0.4, -0.2) is 15.0 Å². The molecule has 0 amide bonds. The predicted octanol–water partition coefficient (Wildman–Crippen LogP) is 8.57. The maximum Gasteiger partial charge on any atom is 3.00 e. The third-order valence-electron chi connectivity index (χ3n) is 5.96. The summed E-state index contributed by atoms with van der Waals surface area (Å²) in [4.78, 5) is 12.8. The van der Waals surface area contributed by atoms with E-state index in [0.717, 1.165) is 33.8 Å². The van der Waals surface area contributed by atoms with Gasteiger partial charge >= 0.3 is 20.1 Å². The minimum atomic E-state index is 0. The van der Waals surface area contributed by atoms with Gasteiger partial charge in [0.05, 0.1) is 0 Å². The van der Waals surface area contributed by atoms with Gasteiger partial charge in [0.15, 0.2) is 0 Å². The number of pyridine rings is 3. The normalized spacial score (nSPS) is 9.68. The van der Waals surface area contributed by atoms with Gasteiger partial charge in [0.25, 0.3) is 0 Å². The van der Waals surface area contributed by atoms with Crippen molar-refractivity contribution in [2.75, 3.05) is 0 Å². The maximum atomic E-state index is 4.28. The Hall–Kier alpha value is -4.24. The quantitative estimate of drug-likeness (QED) is 0.174. The molecule has 40 heavy (non-hydrogen) atoms. The summed E-state index contributed by atoms with van der Waals surface area (Å²) >= 11 is 0. The molecule has 0 N–H and O–H groups in total. The van der Waals surface area contributed by atoms with Crippen LogP contribution in [0, 0.1) is 39.0 Å². The van der Waals surface area contributed by atoms with Gasteiger partial charge in [0.2, 0.25) is 0 Å². The molecule has 3 heterocycles. The van der Waals surface area contributed by atoms with Crippen LogP contribution in [0.1, 0.15) is 16.7 Å². The van der Waals surface area contributed by atoms with Gasteiger partial charge in [-0.2, -0.15) is 0 Å². The number of nitrogens with zero attached hydrogens (tertiary/aromatic N) is 3. The van der Waals surface area contributed by atoms with E-state index in [4.69, 9.17) is 0 Å². The van der Waals surface area contributed by atoms with Crippen molar-refractivity contribution in [3.05, 3.63) is 163 Å². The van der Waals surface area contributed by atoms with Crippen LogP contribution in [0.15, 0.2) is 128 Å². The van der Waals surface area contributed by atoms with Crippen LogP contribution in [-0.2, 0) is 20.1 Å². The molecule has 6 rings (SSSR count). The van der Waals surface area contributed by atoms with Crippen molar-refractivity contribution in [2.45, 2.75) is 20.8 Å². The Balaban J connectivity index is 0.000000163. The van der Waals surface area contributed by atoms with Crippen LogP contribution in [0.4, 0.5) is 0 Å². The summed E-state index contributed by atoms with van der Waals surface area (Å²) < 4.78 is 0. The summed E-state index contributed by atoms with van der Waals surface area (Å²) in [5.74, 6) is 0. The first-order valence-electron chi connectivity index (χ1n) is 12.8. The molecule has 0 unspecified atom stereocenters. The van der Waals surface area contributed by atoms with Crippen LogP contribution < -0.4 is 0 Å². The molecule has 0 aliphatic heterocycles. The van der Waals surface area contributed by atoms with Crippen molar-refractivity contribution in [2.24, 2.45) is 0 Å². The van der Waals surface area contributed by atoms with Crippen molar-refractivity contribution >= 4 is 0 Å². The number of aromatic nitrogens is 3. The average molecular weight is 697 g/mol. The number of aryl methyl sites for hydroxylation is 3. The molecule has 198 valence electrons. The summed E-state index contributed by atoms with van der Waals surface area (Å²) in [5.41, 5.74) is 9.85. The number of hydrogen-bond acceptors (Lipinski definition) is 3. The van der Waals surface area contributed by atoms with Crippen LogP contribution in [0.3, 0.4) is 0 Å². The van der Waals surface area contributed by atoms with Crippen LogP contribution in [0.25, 0.3) is 33.8 Å². The van der Waals surface area contributed by atoms with Crippen molar-refractivity contribution in [3.8, 4) is 33.8 Å². The molecule has 6 aromatic rings. The zero-order valence-corrected chi connectivity index (χ0v) is 25.2. The molecule has 3 aromatic heterocycles. The Bertz CT molecular complexity index is 1380. The first-order valence-corrected chi connectivity index (χ1v) is 12.8. The van der Waals surface area contributed by atoms with E-state index < -0.39 is 0 Å². The van der Waals surface area contributed by atoms with E-state index in [1.54, 1.807) is 18.6 Å². The zero-order chi connectivity index (χ0) is 27.3. The van der Waals surface area contributed by atoms with E-state index in [0.29, 0.717) is 0 Å². The number of hydrogen-bond donors (Lipinski definition) is 0. The average Bonchev–Trinajstić information content (AvgIpc) is 3.00. The van der Waals surface area contributed by atoms with Gasteiger partial charge in [0, 0.05) is 18.6 Å². The Morgan fingerprint density at radius 3 is 0.925 bits per heavy atom. The molecule has 4 heteroatoms. The molecular formula is C36H30IrN3. The fourth-order valence-electron chi connectivity index (χ4n) is 3.92. The van der Waals surface area contributed by atoms with E-state index in [9.17, 15) is 0 Å². The Morgan fingerprint density at radius 1 is 0.400 bits per heavy atom. The smallest absolute Gasteiger partial charge is 0.305 e. The van der Waals surface area contributed by atoms with Gasteiger partial charge in [-0.05, 0) is 35.3 Å². The first kappa shape index (κ1) is 30.3. The molecule has 0 fully saturated rings. The van der Waals surface area contributed by atoms with E-state index in [1.807, 2.05) is 91.0 Å². The summed E-state index contributed by atoms with van der Waals surface area (Å²) in [6.45, 7) is 6.21. The minimum Gasteiger partial charge on any atom is -0.305 e. The van der Waals surface area contributed by atoms with E-state index in [2.05, 4.69) is 72.1 Å². The second-order valence-corrected chi connectivity index (χ2v) is 8.83. The second kappa shape index (κ2) is 16.0. The topological polar surface area (TPSA) is 38.7 Å². The van der Waals surface area contributed by atoms with Crippen molar-refractivity contribution in [1.29, 1.82) is 0 Å². The van der Waals surface area contributed by atoms with Crippen LogP contribution in [0.2, 0.25) is 0 Å². The van der Waals surface area contributed by atoms with Crippen LogP contribution >= 0.6 is 0 Å². The Labute approximate surface area is 251 Å². The molecular weight excluding hydrogens is 667 g/mol. The van der Waals surface area contributed by atoms with Gasteiger partial charge < -0.3 is 15.0 Å². The van der Waals surface area contributed by atoms with Crippen molar-refractivity contribution < 1.29 is 20.1 Å². The van der Waals surface area contributed by atoms with Crippen molar-refractivity contribution in [3.63, 3.8) is 0 Å². The molecule has 0 bridgehead atoms. The Morgan fingerprint density at radius 2 is 0.700 bits per heavy atom. The van der Waals surface area contributed by atoms with E-state index in [-0.39, 0.29) is 20.1 Å². The fourth-order valence-corrected chi connectivity index (χ4v) is 3.92. The summed E-state index contributed by atoms with van der Waals surface area (Å²) in [5, 5.41) is 0. The number of benzene rings is 3. The molecule has 0 aliphatic rings. The third kappa shape index (κ3) is 8.64. The van der Waals surface area contributed by atoms with Crippen LogP contribution in [0.5, 0.6) is 0 Å². The summed E-state index contributed by atoms with van der Waals surface area (Å²) in [7, 11) is 0. The van der Waals surface area contributed by atoms with Crippen molar-refractivity contribution in [1.82, 2.24) is 15.0 Å². The fraction of sp³-hybridized carbons (Fsp3) is 0.0833. The largest absolute Gasteiger partial charge is 3.00 e. The molecule has 0 radical (unpaired) electrons. The predicted molar refractivity (Wildman–Crippen MR) is 160 cm³/mol. The van der Waals surface area contributed by atoms with Gasteiger partial charge in [-0.3, -0.25) is 0 Å². The summed E-state index contributed by atoms with van der Waals surface area (Å²) in [6, 6.07) is 45.2.